The molecular formula is C60H95N2O21S2+. The molecule has 0 amide bonds. The number of rotatable bonds is 49. The number of nitrogens with zero attached hydrogens (tertiary/aromatic N) is 2. The molecule has 1 aromatic carbocycles. The lowest BCUT2D eigenvalue weighted by molar-refractivity contribution is -0.137. The van der Waals surface area contributed by atoms with Gasteiger partial charge in [0.1, 0.15) is 24.7 Å². The maximum Gasteiger partial charge on any atom is 0.303 e. The van der Waals surface area contributed by atoms with E-state index in [1.165, 1.54) is 12.1 Å². The number of carbonyl (C=O) groups is 1. The van der Waals surface area contributed by atoms with Crippen molar-refractivity contribution in [2.75, 3.05) is 190 Å². The first-order valence-corrected chi connectivity index (χ1v) is 32.2. The number of unbranched alkanes of at least 4 members (excludes halogenated alkanes) is 2. The Morgan fingerprint density at radius 3 is 1.55 bits per heavy atom. The summed E-state index contributed by atoms with van der Waals surface area (Å²) in [6.45, 7) is 19.7. The van der Waals surface area contributed by atoms with E-state index >= 15 is 0 Å². The number of ether oxygens (including phenoxy) is 12. The van der Waals surface area contributed by atoms with Crippen molar-refractivity contribution < 1.29 is 97.1 Å². The summed E-state index contributed by atoms with van der Waals surface area (Å²) in [5, 5.41) is 10.1. The molecule has 2 aliphatic heterocycles. The van der Waals surface area contributed by atoms with Crippen LogP contribution in [0.25, 0.3) is 17.4 Å². The Morgan fingerprint density at radius 1 is 0.624 bits per heavy atom. The highest BCUT2D eigenvalue weighted by molar-refractivity contribution is 7.86. The molecular weight excluding hydrogens is 1150 g/mol. The molecule has 23 nitrogen and oxygen atoms in total. The van der Waals surface area contributed by atoms with Gasteiger partial charge in [-0.1, -0.05) is 33.3 Å². The minimum atomic E-state index is -4.62. The molecule has 1 atom stereocenters. The maximum absolute atomic E-state index is 12.5. The van der Waals surface area contributed by atoms with Gasteiger partial charge < -0.3 is 71.3 Å². The predicted octanol–water partition coefficient (Wildman–Crippen LogP) is 6.15. The number of anilines is 1. The zero-order chi connectivity index (χ0) is 61.8. The topological polar surface area (TPSA) is 276 Å². The van der Waals surface area contributed by atoms with Crippen LogP contribution in [0.15, 0.2) is 69.6 Å². The molecule has 1 aromatic rings. The molecule has 482 valence electrons. The van der Waals surface area contributed by atoms with Gasteiger partial charge in [-0.25, -0.2) is 4.58 Å². The average Bonchev–Trinajstić information content (AvgIpc) is 1.70. The van der Waals surface area contributed by atoms with E-state index in [-0.39, 0.29) is 29.6 Å². The fourth-order valence-electron chi connectivity index (χ4n) is 9.32. The Labute approximate surface area is 503 Å². The van der Waals surface area contributed by atoms with Crippen LogP contribution < -0.4 is 14.8 Å². The lowest BCUT2D eigenvalue weighted by atomic mass is 9.77. The summed E-state index contributed by atoms with van der Waals surface area (Å²) >= 11 is 0. The molecule has 0 bridgehead atoms. The van der Waals surface area contributed by atoms with Crippen molar-refractivity contribution in [3.63, 3.8) is 0 Å². The van der Waals surface area contributed by atoms with Crippen molar-refractivity contribution in [2.24, 2.45) is 0 Å². The first-order valence-electron chi connectivity index (χ1n) is 29.2. The smallest absolute Gasteiger partial charge is 0.303 e. The first-order chi connectivity index (χ1) is 40.8. The van der Waals surface area contributed by atoms with Gasteiger partial charge in [-0.05, 0) is 91.6 Å². The quantitative estimate of drug-likeness (QED) is 0.0325. The number of carboxylic acids is 1. The van der Waals surface area contributed by atoms with Gasteiger partial charge in [-0.15, -0.1) is 0 Å². The SMILES string of the molecule is COCCOCCOCCOCCOCCOCC[N+](CCOCCOCCOCCOCCOCCOC)=c1ccc2c(C(C)(C)C)cc(/C=C/C=C3/N(CCCCCC(=O)O)c4ccc(S(=O)(=O)O)cc4C3(C)CCCS(=O)(=O)O)oc-2c1. The minimum absolute atomic E-state index is 0.0147. The van der Waals surface area contributed by atoms with Crippen LogP contribution in [0.2, 0.25) is 0 Å². The van der Waals surface area contributed by atoms with E-state index in [1.54, 1.807) is 20.3 Å². The highest BCUT2D eigenvalue weighted by Crippen LogP contribution is 2.51. The molecule has 0 spiro atoms. The summed E-state index contributed by atoms with van der Waals surface area (Å²) in [5.74, 6) is -0.236. The maximum atomic E-state index is 12.5. The van der Waals surface area contributed by atoms with Crippen LogP contribution >= 0.6 is 0 Å². The summed E-state index contributed by atoms with van der Waals surface area (Å²) in [7, 11) is -5.68. The molecule has 0 fully saturated rings. The van der Waals surface area contributed by atoms with Crippen LogP contribution in [0.1, 0.15) is 83.1 Å². The van der Waals surface area contributed by atoms with E-state index in [9.17, 15) is 35.8 Å². The second-order valence-corrected chi connectivity index (χ2v) is 24.2. The van der Waals surface area contributed by atoms with E-state index in [2.05, 4.69) is 37.5 Å². The van der Waals surface area contributed by atoms with Crippen molar-refractivity contribution in [3.05, 3.63) is 82.6 Å². The van der Waals surface area contributed by atoms with Crippen molar-refractivity contribution in [1.82, 2.24) is 4.58 Å². The molecule has 3 N–H and O–H groups in total. The van der Waals surface area contributed by atoms with E-state index < -0.39 is 37.4 Å². The Morgan fingerprint density at radius 2 is 1.11 bits per heavy atom. The van der Waals surface area contributed by atoms with Crippen LogP contribution in [0.4, 0.5) is 5.69 Å². The number of aliphatic carboxylic acids is 1. The second-order valence-electron chi connectivity index (χ2n) is 21.2. The molecule has 3 aliphatic rings. The molecule has 0 aromatic heterocycles. The standard InChI is InChI=1S/C60H94N2O21S2/c1-59(2,3)53-47-50(12-10-13-57-60(4,19-11-45-84(65,66)67)54-48-51(85(68,69)70)16-18-55(54)62(57)20-9-7-8-14-58(63)64)83-56-46-49(15-17-52(53)56)61(21-23-73-29-31-77-37-39-81-43-41-79-35-33-75-27-25-71-5)22-24-74-30-32-78-38-40-82-44-42-80-36-34-76-28-26-72-6/h10,12-13,15-18,46-48H,7-9,11,14,19-45H2,1-6H3,(H2-,63,64,65,66,67,68,69,70)/p+1. The molecule has 1 unspecified atom stereocenters. The monoisotopic (exact) mass is 1240 g/mol. The van der Waals surface area contributed by atoms with E-state index in [4.69, 9.17) is 61.3 Å². The van der Waals surface area contributed by atoms with Crippen LogP contribution in [-0.4, -0.2) is 222 Å². The fraction of sp³-hybridized carbons (Fsp3) is 0.667. The number of fused-ring (bicyclic) bond motifs is 2. The summed E-state index contributed by atoms with van der Waals surface area (Å²) in [6.07, 6.45) is 7.45. The van der Waals surface area contributed by atoms with Gasteiger partial charge in [0.15, 0.2) is 13.1 Å². The summed E-state index contributed by atoms with van der Waals surface area (Å²) in [6, 6.07) is 12.5. The lowest BCUT2D eigenvalue weighted by Crippen LogP contribution is -2.36. The first kappa shape index (κ1) is 73.2. The molecule has 4 rings (SSSR count). The van der Waals surface area contributed by atoms with E-state index in [0.29, 0.717) is 213 Å². The van der Waals surface area contributed by atoms with Gasteiger partial charge in [0.05, 0.1) is 149 Å². The fourth-order valence-corrected chi connectivity index (χ4v) is 10.3. The van der Waals surface area contributed by atoms with E-state index in [0.717, 1.165) is 16.5 Å². The molecule has 1 aliphatic carbocycles. The third kappa shape index (κ3) is 28.6. The number of benzene rings is 2. The molecule has 2 heterocycles. The van der Waals surface area contributed by atoms with Gasteiger partial charge in [-0.3, -0.25) is 13.9 Å². The van der Waals surface area contributed by atoms with E-state index in [1.807, 2.05) is 42.2 Å². The average molecular weight is 1240 g/mol. The third-order valence-electron chi connectivity index (χ3n) is 13.7. The minimum Gasteiger partial charge on any atom is -0.481 e. The van der Waals surface area contributed by atoms with Crippen molar-refractivity contribution in [1.29, 1.82) is 0 Å². The number of hydrogen-bond acceptors (Lipinski definition) is 19. The Hall–Kier alpha value is -4.26. The van der Waals surface area contributed by atoms with Gasteiger partial charge in [0.2, 0.25) is 5.36 Å². The number of hydrogen-bond donors (Lipinski definition) is 3. The molecule has 25 heteroatoms. The van der Waals surface area contributed by atoms with Gasteiger partial charge >= 0.3 is 5.97 Å². The Kier molecular flexibility index (Phi) is 34.7. The van der Waals surface area contributed by atoms with Gasteiger partial charge in [0, 0.05) is 55.6 Å². The predicted molar refractivity (Wildman–Crippen MR) is 321 cm³/mol. The summed E-state index contributed by atoms with van der Waals surface area (Å²) in [5.41, 5.74) is 2.57. The number of methoxy groups -OCH3 is 2. The van der Waals surface area contributed by atoms with Crippen LogP contribution in [0.5, 0.6) is 0 Å². The zero-order valence-corrected chi connectivity index (χ0v) is 52.4. The van der Waals surface area contributed by atoms with Crippen molar-refractivity contribution >= 4 is 38.0 Å². The van der Waals surface area contributed by atoms with Crippen LogP contribution in [-0.2, 0) is 92.7 Å². The summed E-state index contributed by atoms with van der Waals surface area (Å²) < 4.78 is 144. The number of carboxylic acid groups (broad SMARTS) is 1. The van der Waals surface area contributed by atoms with Crippen LogP contribution in [0.3, 0.4) is 0 Å². The molecule has 85 heavy (non-hydrogen) atoms. The Balaban J connectivity index is 1.54. The highest BCUT2D eigenvalue weighted by Gasteiger charge is 2.44. The van der Waals surface area contributed by atoms with Crippen LogP contribution in [0, 0.1) is 0 Å². The zero-order valence-electron chi connectivity index (χ0n) is 50.8. The lowest BCUT2D eigenvalue weighted by Gasteiger charge is -2.30. The molecule has 0 saturated heterocycles. The van der Waals surface area contributed by atoms with Gasteiger partial charge in [0.25, 0.3) is 20.2 Å². The number of allylic oxidation sites excluding steroid dienone is 3. The Bertz CT molecular complexity index is 2670. The molecule has 0 saturated carbocycles. The third-order valence-corrected chi connectivity index (χ3v) is 15.3. The van der Waals surface area contributed by atoms with Crippen molar-refractivity contribution in [2.45, 2.75) is 81.9 Å². The second kappa shape index (κ2) is 40.3. The normalized spacial score (nSPS) is 15.3. The highest BCUT2D eigenvalue weighted by atomic mass is 32.2. The molecule has 0 radical (unpaired) electrons. The largest absolute Gasteiger partial charge is 0.481 e. The summed E-state index contributed by atoms with van der Waals surface area (Å²) in [4.78, 5) is 13.0. The van der Waals surface area contributed by atoms with Gasteiger partial charge in [-0.2, -0.15) is 16.8 Å². The van der Waals surface area contributed by atoms with Crippen molar-refractivity contribution in [3.8, 4) is 11.3 Å².